The highest BCUT2D eigenvalue weighted by molar-refractivity contribution is 7.80. The van der Waals surface area contributed by atoms with Crippen LogP contribution in [0, 0.1) is 0 Å². The van der Waals surface area contributed by atoms with Gasteiger partial charge in [-0.3, -0.25) is 0 Å². The molecule has 0 saturated heterocycles. The Hall–Kier alpha value is -1.26. The predicted octanol–water partition coefficient (Wildman–Crippen LogP) is 3.04. The van der Waals surface area contributed by atoms with Crippen molar-refractivity contribution < 1.29 is 0 Å². The zero-order valence-corrected chi connectivity index (χ0v) is 10.5. The summed E-state index contributed by atoms with van der Waals surface area (Å²) < 4.78 is 0. The number of benzene rings is 2. The van der Waals surface area contributed by atoms with E-state index < -0.39 is 0 Å². The van der Waals surface area contributed by atoms with Crippen molar-refractivity contribution in [3.8, 4) is 0 Å². The summed E-state index contributed by atoms with van der Waals surface area (Å²) in [5, 5.41) is 8.89. The maximum Gasteiger partial charge on any atom is 0.170 e. The lowest BCUT2D eigenvalue weighted by molar-refractivity contribution is 1.20. The Balaban J connectivity index is 2.54. The maximum atomic E-state index is 5.09. The number of thiol groups is 1. The van der Waals surface area contributed by atoms with Gasteiger partial charge >= 0.3 is 0 Å². The van der Waals surface area contributed by atoms with Crippen LogP contribution in [0.3, 0.4) is 0 Å². The number of hydrogen-bond acceptors (Lipinski definition) is 2. The summed E-state index contributed by atoms with van der Waals surface area (Å²) in [6, 6.07) is 12.0. The van der Waals surface area contributed by atoms with Crippen molar-refractivity contribution in [2.75, 3.05) is 12.4 Å². The highest BCUT2D eigenvalue weighted by Gasteiger charge is 2.03. The van der Waals surface area contributed by atoms with E-state index in [0.29, 0.717) is 5.11 Å². The molecule has 0 unspecified atom stereocenters. The van der Waals surface area contributed by atoms with Gasteiger partial charge in [-0.2, -0.15) is 0 Å². The molecule has 2 nitrogen and oxygen atoms in total. The Morgan fingerprint density at radius 1 is 1.12 bits per heavy atom. The van der Waals surface area contributed by atoms with Gasteiger partial charge in [0, 0.05) is 23.0 Å². The lowest BCUT2D eigenvalue weighted by Crippen LogP contribution is -2.24. The minimum absolute atomic E-state index is 0.608. The molecule has 0 fully saturated rings. The van der Waals surface area contributed by atoms with Crippen LogP contribution < -0.4 is 10.6 Å². The first-order chi connectivity index (χ1) is 7.72. The third-order valence-electron chi connectivity index (χ3n) is 2.38. The number of anilines is 1. The molecule has 2 aromatic carbocycles. The van der Waals surface area contributed by atoms with E-state index in [1.54, 1.807) is 7.05 Å². The molecule has 0 aliphatic rings. The van der Waals surface area contributed by atoms with Crippen LogP contribution in [0.1, 0.15) is 0 Å². The fourth-order valence-corrected chi connectivity index (χ4v) is 1.96. The van der Waals surface area contributed by atoms with E-state index in [9.17, 15) is 0 Å². The van der Waals surface area contributed by atoms with Crippen LogP contribution >= 0.6 is 24.8 Å². The highest BCUT2D eigenvalue weighted by Crippen LogP contribution is 2.28. The van der Waals surface area contributed by atoms with Crippen LogP contribution in [0.15, 0.2) is 41.3 Å². The van der Waals surface area contributed by atoms with Gasteiger partial charge in [0.25, 0.3) is 0 Å². The van der Waals surface area contributed by atoms with E-state index in [1.807, 2.05) is 30.3 Å². The lowest BCUT2D eigenvalue weighted by atomic mass is 10.1. The first-order valence-corrected chi connectivity index (χ1v) is 5.77. The van der Waals surface area contributed by atoms with Crippen LogP contribution in [0.2, 0.25) is 0 Å². The molecule has 0 spiro atoms. The van der Waals surface area contributed by atoms with Crippen molar-refractivity contribution in [3.05, 3.63) is 36.4 Å². The van der Waals surface area contributed by atoms with E-state index in [0.717, 1.165) is 21.4 Å². The van der Waals surface area contributed by atoms with Crippen molar-refractivity contribution in [1.29, 1.82) is 0 Å². The van der Waals surface area contributed by atoms with Crippen molar-refractivity contribution in [2.24, 2.45) is 0 Å². The number of fused-ring (bicyclic) bond motifs is 1. The van der Waals surface area contributed by atoms with Crippen molar-refractivity contribution in [1.82, 2.24) is 5.32 Å². The normalized spacial score (nSPS) is 10.1. The molecule has 0 saturated carbocycles. The van der Waals surface area contributed by atoms with Gasteiger partial charge < -0.3 is 10.6 Å². The van der Waals surface area contributed by atoms with Gasteiger partial charge in [-0.15, -0.1) is 12.6 Å². The molecule has 82 valence electrons. The van der Waals surface area contributed by atoms with Crippen molar-refractivity contribution >= 4 is 46.4 Å². The molecular weight excluding hydrogens is 236 g/mol. The SMILES string of the molecule is CNC(=S)Nc1ccc(S)c2ccccc12. The average molecular weight is 248 g/mol. The molecule has 4 heteroatoms. The zero-order valence-electron chi connectivity index (χ0n) is 8.82. The Morgan fingerprint density at radius 2 is 1.81 bits per heavy atom. The standard InChI is InChI=1S/C12H12N2S2/c1-13-12(16)14-10-6-7-11(15)9-5-3-2-4-8(9)10/h2-7,15H,1H3,(H2,13,14,16). The third kappa shape index (κ3) is 2.13. The summed E-state index contributed by atoms with van der Waals surface area (Å²) >= 11 is 9.53. The molecule has 0 bridgehead atoms. The van der Waals surface area contributed by atoms with Crippen LogP contribution in [-0.2, 0) is 0 Å². The van der Waals surface area contributed by atoms with Gasteiger partial charge in [-0.1, -0.05) is 24.3 Å². The van der Waals surface area contributed by atoms with E-state index >= 15 is 0 Å². The van der Waals surface area contributed by atoms with Gasteiger partial charge in [0.1, 0.15) is 0 Å². The van der Waals surface area contributed by atoms with Crippen LogP contribution in [0.25, 0.3) is 10.8 Å². The average Bonchev–Trinajstić information content (AvgIpc) is 2.33. The van der Waals surface area contributed by atoms with Gasteiger partial charge in [0.15, 0.2) is 5.11 Å². The molecule has 2 rings (SSSR count). The molecule has 0 aromatic heterocycles. The topological polar surface area (TPSA) is 24.1 Å². The predicted molar refractivity (Wildman–Crippen MR) is 76.5 cm³/mol. The van der Waals surface area contributed by atoms with E-state index in [-0.39, 0.29) is 0 Å². The molecule has 0 heterocycles. The quantitative estimate of drug-likeness (QED) is 0.534. The van der Waals surface area contributed by atoms with Crippen molar-refractivity contribution in [3.63, 3.8) is 0 Å². The smallest absolute Gasteiger partial charge is 0.170 e. The number of rotatable bonds is 1. The van der Waals surface area contributed by atoms with Crippen molar-refractivity contribution in [2.45, 2.75) is 4.90 Å². The molecule has 0 amide bonds. The first kappa shape index (κ1) is 11.2. The monoisotopic (exact) mass is 248 g/mol. The number of hydrogen-bond donors (Lipinski definition) is 3. The Labute approximate surface area is 105 Å². The summed E-state index contributed by atoms with van der Waals surface area (Å²) in [5.41, 5.74) is 0.993. The van der Waals surface area contributed by atoms with Crippen LogP contribution in [-0.4, -0.2) is 12.2 Å². The Morgan fingerprint density at radius 3 is 2.50 bits per heavy atom. The molecule has 0 atom stereocenters. The van der Waals surface area contributed by atoms with Gasteiger partial charge in [-0.25, -0.2) is 0 Å². The molecule has 0 aliphatic heterocycles. The molecule has 2 aromatic rings. The second-order valence-corrected chi connectivity index (χ2v) is 4.27. The minimum Gasteiger partial charge on any atom is -0.366 e. The van der Waals surface area contributed by atoms with Gasteiger partial charge in [0.05, 0.1) is 0 Å². The first-order valence-electron chi connectivity index (χ1n) is 4.92. The highest BCUT2D eigenvalue weighted by atomic mass is 32.1. The number of nitrogens with one attached hydrogen (secondary N) is 2. The third-order valence-corrected chi connectivity index (χ3v) is 3.07. The van der Waals surface area contributed by atoms with E-state index in [2.05, 4.69) is 29.3 Å². The summed E-state index contributed by atoms with van der Waals surface area (Å²) in [5.74, 6) is 0. The van der Waals surface area contributed by atoms with Gasteiger partial charge in [-0.05, 0) is 29.7 Å². The summed E-state index contributed by atoms with van der Waals surface area (Å²) in [6.45, 7) is 0. The summed E-state index contributed by atoms with van der Waals surface area (Å²) in [4.78, 5) is 0.969. The Bertz CT molecular complexity index is 538. The van der Waals surface area contributed by atoms with Gasteiger partial charge in [0.2, 0.25) is 0 Å². The van der Waals surface area contributed by atoms with Crippen LogP contribution in [0.5, 0.6) is 0 Å². The fraction of sp³-hybridized carbons (Fsp3) is 0.0833. The van der Waals surface area contributed by atoms with E-state index in [1.165, 1.54) is 0 Å². The van der Waals surface area contributed by atoms with E-state index in [4.69, 9.17) is 12.2 Å². The molecule has 0 radical (unpaired) electrons. The number of thiocarbonyl (C=S) groups is 1. The molecular formula is C12H12N2S2. The minimum atomic E-state index is 0.608. The maximum absolute atomic E-state index is 5.09. The molecule has 16 heavy (non-hydrogen) atoms. The Kier molecular flexibility index (Phi) is 3.31. The van der Waals surface area contributed by atoms with Crippen LogP contribution in [0.4, 0.5) is 5.69 Å². The lowest BCUT2D eigenvalue weighted by Gasteiger charge is -2.11. The largest absolute Gasteiger partial charge is 0.366 e. The fourth-order valence-electron chi connectivity index (χ4n) is 1.58. The summed E-state index contributed by atoms with van der Waals surface area (Å²) in [6.07, 6.45) is 0. The second-order valence-electron chi connectivity index (χ2n) is 3.38. The molecule has 0 aliphatic carbocycles. The summed E-state index contributed by atoms with van der Waals surface area (Å²) in [7, 11) is 1.80. The zero-order chi connectivity index (χ0) is 11.5. The molecule has 2 N–H and O–H groups in total. The second kappa shape index (κ2) is 4.72.